The number of ether oxygens (including phenoxy) is 1. The summed E-state index contributed by atoms with van der Waals surface area (Å²) in [4.78, 5) is 12.4. The molecule has 0 aliphatic carbocycles. The van der Waals surface area contributed by atoms with E-state index in [4.69, 9.17) is 4.74 Å². The van der Waals surface area contributed by atoms with Crippen LogP contribution in [0, 0.1) is 0 Å². The Morgan fingerprint density at radius 1 is 1.21 bits per heavy atom. The fourth-order valence-electron chi connectivity index (χ4n) is 2.74. The van der Waals surface area contributed by atoms with Crippen molar-refractivity contribution in [1.29, 1.82) is 0 Å². The summed E-state index contributed by atoms with van der Waals surface area (Å²) in [5.41, 5.74) is 2.60. The molecule has 0 saturated carbocycles. The van der Waals surface area contributed by atoms with Crippen molar-refractivity contribution in [3.05, 3.63) is 53.6 Å². The minimum Gasteiger partial charge on any atom is -0.490 e. The number of carbonyl (C=O) groups is 1. The van der Waals surface area contributed by atoms with Gasteiger partial charge in [-0.05, 0) is 48.4 Å². The van der Waals surface area contributed by atoms with E-state index in [0.717, 1.165) is 35.2 Å². The molecule has 0 aromatic heterocycles. The summed E-state index contributed by atoms with van der Waals surface area (Å²) in [6, 6.07) is 12.0. The number of fused-ring (bicyclic) bond motifs is 1. The summed E-state index contributed by atoms with van der Waals surface area (Å²) >= 11 is 0. The van der Waals surface area contributed by atoms with E-state index in [-0.39, 0.29) is 23.3 Å². The molecule has 1 aliphatic rings. The minimum atomic E-state index is -3.22. The Labute approximate surface area is 141 Å². The van der Waals surface area contributed by atoms with Gasteiger partial charge in [0.25, 0.3) is 0 Å². The molecule has 3 rings (SSSR count). The minimum absolute atomic E-state index is 0.144. The van der Waals surface area contributed by atoms with Gasteiger partial charge in [-0.15, -0.1) is 0 Å². The highest BCUT2D eigenvalue weighted by atomic mass is 32.2. The third kappa shape index (κ3) is 3.76. The van der Waals surface area contributed by atoms with E-state index in [1.165, 1.54) is 12.1 Å². The summed E-state index contributed by atoms with van der Waals surface area (Å²) in [5.74, 6) is 0.728. The number of nitrogens with one attached hydrogen (secondary N) is 1. The summed E-state index contributed by atoms with van der Waals surface area (Å²) < 4.78 is 28.5. The lowest BCUT2D eigenvalue weighted by Gasteiger charge is -2.07. The average molecular weight is 345 g/mol. The van der Waals surface area contributed by atoms with E-state index in [9.17, 15) is 13.2 Å². The van der Waals surface area contributed by atoms with Crippen LogP contribution in [0.4, 0.5) is 5.69 Å². The summed E-state index contributed by atoms with van der Waals surface area (Å²) in [6.07, 6.45) is 2.35. The number of anilines is 1. The van der Waals surface area contributed by atoms with E-state index in [1.54, 1.807) is 12.1 Å². The van der Waals surface area contributed by atoms with Crippen LogP contribution in [0.5, 0.6) is 5.75 Å². The van der Waals surface area contributed by atoms with Gasteiger partial charge in [0.2, 0.25) is 5.91 Å². The molecule has 0 radical (unpaired) electrons. The topological polar surface area (TPSA) is 72.5 Å². The van der Waals surface area contributed by atoms with Crippen molar-refractivity contribution in [2.75, 3.05) is 11.6 Å². The molecule has 1 aliphatic heterocycles. The van der Waals surface area contributed by atoms with E-state index in [1.807, 2.05) is 25.1 Å². The van der Waals surface area contributed by atoms with Crippen LogP contribution in [-0.4, -0.2) is 26.7 Å². The first-order chi connectivity index (χ1) is 11.3. The quantitative estimate of drug-likeness (QED) is 0.924. The van der Waals surface area contributed by atoms with Gasteiger partial charge in [0.1, 0.15) is 11.9 Å². The summed E-state index contributed by atoms with van der Waals surface area (Å²) in [6.45, 7) is 2.01. The number of hydrogen-bond acceptors (Lipinski definition) is 4. The Hall–Kier alpha value is -2.34. The maximum atomic E-state index is 12.2. The van der Waals surface area contributed by atoms with Crippen LogP contribution >= 0.6 is 0 Å². The lowest BCUT2D eigenvalue weighted by Crippen LogP contribution is -2.14. The highest BCUT2D eigenvalue weighted by Crippen LogP contribution is 2.31. The van der Waals surface area contributed by atoms with E-state index in [0.29, 0.717) is 0 Å². The first-order valence-corrected chi connectivity index (χ1v) is 9.59. The zero-order valence-electron chi connectivity index (χ0n) is 13.6. The van der Waals surface area contributed by atoms with Gasteiger partial charge in [-0.25, -0.2) is 8.42 Å². The van der Waals surface area contributed by atoms with E-state index >= 15 is 0 Å². The van der Waals surface area contributed by atoms with Crippen molar-refractivity contribution < 1.29 is 17.9 Å². The van der Waals surface area contributed by atoms with Gasteiger partial charge in [0.15, 0.2) is 9.84 Å². The normalized spacial score (nSPS) is 16.3. The maximum Gasteiger partial charge on any atom is 0.228 e. The molecular formula is C18H19NO4S. The predicted octanol–water partition coefficient (Wildman–Crippen LogP) is 2.59. The molecule has 1 unspecified atom stereocenters. The molecule has 0 bridgehead atoms. The van der Waals surface area contributed by atoms with Crippen molar-refractivity contribution in [3.8, 4) is 5.75 Å². The SMILES string of the molecule is CC1Cc2cc(NC(=O)Cc3ccc(S(C)(=O)=O)cc3)ccc2O1. The first-order valence-electron chi connectivity index (χ1n) is 7.70. The van der Waals surface area contributed by atoms with Crippen LogP contribution in [0.15, 0.2) is 47.4 Å². The van der Waals surface area contributed by atoms with Crippen LogP contribution in [0.1, 0.15) is 18.1 Å². The number of hydrogen-bond donors (Lipinski definition) is 1. The van der Waals surface area contributed by atoms with Crippen LogP contribution in [0.3, 0.4) is 0 Å². The molecule has 2 aromatic carbocycles. The Kier molecular flexibility index (Phi) is 4.32. The fraction of sp³-hybridized carbons (Fsp3) is 0.278. The maximum absolute atomic E-state index is 12.2. The van der Waals surface area contributed by atoms with Crippen LogP contribution in [-0.2, 0) is 27.5 Å². The van der Waals surface area contributed by atoms with E-state index < -0.39 is 9.84 Å². The molecule has 1 heterocycles. The number of rotatable bonds is 4. The third-order valence-corrected chi connectivity index (χ3v) is 5.02. The second kappa shape index (κ2) is 6.28. The summed E-state index contributed by atoms with van der Waals surface area (Å²) in [7, 11) is -3.22. The van der Waals surface area contributed by atoms with Gasteiger partial charge >= 0.3 is 0 Å². The number of amides is 1. The highest BCUT2D eigenvalue weighted by molar-refractivity contribution is 7.90. The molecule has 24 heavy (non-hydrogen) atoms. The van der Waals surface area contributed by atoms with Gasteiger partial charge in [-0.3, -0.25) is 4.79 Å². The molecule has 2 aromatic rings. The molecule has 6 heteroatoms. The Morgan fingerprint density at radius 3 is 2.58 bits per heavy atom. The zero-order valence-corrected chi connectivity index (χ0v) is 14.4. The van der Waals surface area contributed by atoms with Gasteiger partial charge < -0.3 is 10.1 Å². The van der Waals surface area contributed by atoms with Crippen LogP contribution in [0.25, 0.3) is 0 Å². The van der Waals surface area contributed by atoms with Gasteiger partial charge in [-0.1, -0.05) is 12.1 Å². The van der Waals surface area contributed by atoms with Crippen molar-refractivity contribution in [2.45, 2.75) is 30.8 Å². The second-order valence-electron chi connectivity index (χ2n) is 6.10. The lowest BCUT2D eigenvalue weighted by molar-refractivity contribution is -0.115. The third-order valence-electron chi connectivity index (χ3n) is 3.90. The van der Waals surface area contributed by atoms with Crippen molar-refractivity contribution >= 4 is 21.4 Å². The van der Waals surface area contributed by atoms with Gasteiger partial charge in [-0.2, -0.15) is 0 Å². The molecule has 126 valence electrons. The number of benzene rings is 2. The molecule has 0 spiro atoms. The van der Waals surface area contributed by atoms with Crippen molar-refractivity contribution in [1.82, 2.24) is 0 Å². The largest absolute Gasteiger partial charge is 0.490 e. The first kappa shape index (κ1) is 16.5. The van der Waals surface area contributed by atoms with Gasteiger partial charge in [0.05, 0.1) is 11.3 Å². The molecule has 1 N–H and O–H groups in total. The number of sulfone groups is 1. The molecule has 1 atom stereocenters. The number of carbonyl (C=O) groups excluding carboxylic acids is 1. The molecule has 1 amide bonds. The molecule has 5 nitrogen and oxygen atoms in total. The average Bonchev–Trinajstić information content (AvgIpc) is 2.86. The fourth-order valence-corrected chi connectivity index (χ4v) is 3.38. The van der Waals surface area contributed by atoms with Crippen LogP contribution < -0.4 is 10.1 Å². The Morgan fingerprint density at radius 2 is 1.92 bits per heavy atom. The standard InChI is InChI=1S/C18H19NO4S/c1-12-9-14-11-15(5-8-17(14)23-12)19-18(20)10-13-3-6-16(7-4-13)24(2,21)22/h3-8,11-12H,9-10H2,1-2H3,(H,19,20). The smallest absolute Gasteiger partial charge is 0.228 e. The predicted molar refractivity (Wildman–Crippen MR) is 92.1 cm³/mol. The Bertz CT molecular complexity index is 872. The highest BCUT2D eigenvalue weighted by Gasteiger charge is 2.19. The van der Waals surface area contributed by atoms with E-state index in [2.05, 4.69) is 5.32 Å². The van der Waals surface area contributed by atoms with Crippen molar-refractivity contribution in [2.24, 2.45) is 0 Å². The lowest BCUT2D eigenvalue weighted by atomic mass is 10.1. The summed E-state index contributed by atoms with van der Waals surface area (Å²) in [5, 5.41) is 2.87. The molecule has 0 fully saturated rings. The zero-order chi connectivity index (χ0) is 17.3. The molecular weight excluding hydrogens is 326 g/mol. The van der Waals surface area contributed by atoms with Gasteiger partial charge in [0, 0.05) is 18.4 Å². The second-order valence-corrected chi connectivity index (χ2v) is 8.11. The Balaban J connectivity index is 1.65. The molecule has 0 saturated heterocycles. The van der Waals surface area contributed by atoms with Crippen molar-refractivity contribution in [3.63, 3.8) is 0 Å². The van der Waals surface area contributed by atoms with Crippen LogP contribution in [0.2, 0.25) is 0 Å². The monoisotopic (exact) mass is 345 g/mol.